The van der Waals surface area contributed by atoms with Crippen molar-refractivity contribution in [3.63, 3.8) is 0 Å². The van der Waals surface area contributed by atoms with Crippen molar-refractivity contribution in [1.82, 2.24) is 25.4 Å². The molecule has 0 amide bonds. The summed E-state index contributed by atoms with van der Waals surface area (Å²) in [6.07, 6.45) is 6.29. The Labute approximate surface area is 166 Å². The minimum Gasteiger partial charge on any atom is -0.357 e. The average molecular weight is 389 g/mol. The normalized spacial score (nSPS) is 16.0. The second-order valence-electron chi connectivity index (χ2n) is 7.06. The second-order valence-corrected chi connectivity index (χ2v) is 7.49. The number of benzene rings is 1. The van der Waals surface area contributed by atoms with E-state index in [1.165, 1.54) is 24.8 Å². The van der Waals surface area contributed by atoms with Crippen LogP contribution in [0.2, 0.25) is 5.02 Å². The topological polar surface area (TPSA) is 67.1 Å². The van der Waals surface area contributed by atoms with Crippen molar-refractivity contribution in [2.24, 2.45) is 4.99 Å². The van der Waals surface area contributed by atoms with Crippen molar-refractivity contribution in [1.29, 1.82) is 0 Å². The molecule has 1 aliphatic rings. The molecule has 0 unspecified atom stereocenters. The van der Waals surface area contributed by atoms with Gasteiger partial charge in [0.2, 0.25) is 0 Å². The van der Waals surface area contributed by atoms with Gasteiger partial charge in [-0.05, 0) is 37.5 Å². The van der Waals surface area contributed by atoms with Gasteiger partial charge >= 0.3 is 0 Å². The average Bonchev–Trinajstić information content (AvgIpc) is 3.09. The molecule has 1 fully saturated rings. The van der Waals surface area contributed by atoms with Gasteiger partial charge in [-0.2, -0.15) is 0 Å². The number of nitrogens with one attached hydrogen (secondary N) is 2. The highest BCUT2D eigenvalue weighted by molar-refractivity contribution is 6.30. The van der Waals surface area contributed by atoms with E-state index in [-0.39, 0.29) is 5.41 Å². The molecule has 1 aromatic carbocycles. The van der Waals surface area contributed by atoms with Crippen LogP contribution in [0, 0.1) is 0 Å². The Morgan fingerprint density at radius 1 is 1.22 bits per heavy atom. The van der Waals surface area contributed by atoms with Crippen LogP contribution in [0.5, 0.6) is 0 Å². The molecule has 2 N–H and O–H groups in total. The fourth-order valence-corrected chi connectivity index (χ4v) is 3.68. The second kappa shape index (κ2) is 9.22. The fraction of sp³-hybridized carbons (Fsp3) is 0.550. The third-order valence-electron chi connectivity index (χ3n) is 5.31. The number of nitrogens with zero attached hydrogens (tertiary/aromatic N) is 4. The summed E-state index contributed by atoms with van der Waals surface area (Å²) in [6.45, 7) is 7.41. The lowest BCUT2D eigenvalue weighted by Crippen LogP contribution is -2.42. The summed E-state index contributed by atoms with van der Waals surface area (Å²) in [5, 5.41) is 15.7. The van der Waals surface area contributed by atoms with Crippen molar-refractivity contribution >= 4 is 17.6 Å². The van der Waals surface area contributed by atoms with E-state index in [4.69, 9.17) is 16.6 Å². The van der Waals surface area contributed by atoms with Gasteiger partial charge in [-0.15, -0.1) is 10.2 Å². The molecule has 146 valence electrons. The molecule has 7 heteroatoms. The summed E-state index contributed by atoms with van der Waals surface area (Å²) in [6, 6.07) is 8.26. The lowest BCUT2D eigenvalue weighted by molar-refractivity contribution is 0.253. The molecular formula is C20H29ClN6. The van der Waals surface area contributed by atoms with E-state index in [2.05, 4.69) is 51.4 Å². The highest BCUT2D eigenvalue weighted by atomic mass is 35.5. The smallest absolute Gasteiger partial charge is 0.191 e. The lowest BCUT2D eigenvalue weighted by Gasteiger charge is -2.41. The summed E-state index contributed by atoms with van der Waals surface area (Å²) in [5.41, 5.74) is 1.49. The zero-order valence-corrected chi connectivity index (χ0v) is 17.0. The first-order valence-electron chi connectivity index (χ1n) is 9.82. The largest absolute Gasteiger partial charge is 0.357 e. The Hall–Kier alpha value is -2.08. The SMILES string of the molecule is CCNC(=NCC1(c2ccc(Cl)cc2)CCC1)NCCn1cnnc1CC. The fourth-order valence-electron chi connectivity index (χ4n) is 3.55. The molecule has 0 aliphatic heterocycles. The minimum atomic E-state index is 0.149. The molecule has 1 aliphatic carbocycles. The van der Waals surface area contributed by atoms with E-state index in [1.54, 1.807) is 6.33 Å². The predicted octanol–water partition coefficient (Wildman–Crippen LogP) is 3.17. The standard InChI is InChI=1S/C20H29ClN6/c1-3-18-26-25-15-27(18)13-12-23-19(22-4-2)24-14-20(10-5-11-20)16-6-8-17(21)9-7-16/h6-9,15H,3-5,10-14H2,1-2H3,(H2,22,23,24). The van der Waals surface area contributed by atoms with Gasteiger partial charge in [0.05, 0.1) is 6.54 Å². The van der Waals surface area contributed by atoms with Gasteiger partial charge in [0, 0.05) is 36.5 Å². The molecule has 0 saturated heterocycles. The number of guanidine groups is 1. The van der Waals surface area contributed by atoms with Crippen LogP contribution >= 0.6 is 11.6 Å². The van der Waals surface area contributed by atoms with Crippen LogP contribution < -0.4 is 10.6 Å². The van der Waals surface area contributed by atoms with E-state index >= 15 is 0 Å². The highest BCUT2D eigenvalue weighted by Crippen LogP contribution is 2.44. The first kappa shape index (κ1) is 19.7. The van der Waals surface area contributed by atoms with E-state index in [0.29, 0.717) is 0 Å². The molecule has 0 atom stereocenters. The van der Waals surface area contributed by atoms with Gasteiger partial charge in [0.1, 0.15) is 12.2 Å². The molecule has 6 nitrogen and oxygen atoms in total. The molecule has 0 spiro atoms. The van der Waals surface area contributed by atoms with E-state index in [9.17, 15) is 0 Å². The minimum absolute atomic E-state index is 0.149. The van der Waals surface area contributed by atoms with Gasteiger partial charge in [-0.1, -0.05) is 37.1 Å². The number of rotatable bonds is 8. The van der Waals surface area contributed by atoms with Gasteiger partial charge < -0.3 is 15.2 Å². The zero-order chi connectivity index (χ0) is 19.1. The van der Waals surface area contributed by atoms with Crippen molar-refractivity contribution in [3.05, 3.63) is 47.0 Å². The molecular weight excluding hydrogens is 360 g/mol. The van der Waals surface area contributed by atoms with Crippen LogP contribution in [-0.2, 0) is 18.4 Å². The maximum Gasteiger partial charge on any atom is 0.191 e. The van der Waals surface area contributed by atoms with Gasteiger partial charge in [0.15, 0.2) is 5.96 Å². The Morgan fingerprint density at radius 3 is 2.63 bits per heavy atom. The van der Waals surface area contributed by atoms with E-state index in [1.807, 2.05) is 12.1 Å². The number of aromatic nitrogens is 3. The molecule has 27 heavy (non-hydrogen) atoms. The van der Waals surface area contributed by atoms with Crippen LogP contribution in [0.25, 0.3) is 0 Å². The summed E-state index contributed by atoms with van der Waals surface area (Å²) < 4.78 is 2.08. The van der Waals surface area contributed by atoms with Crippen LogP contribution in [0.1, 0.15) is 44.5 Å². The maximum atomic E-state index is 6.05. The predicted molar refractivity (Wildman–Crippen MR) is 110 cm³/mol. The zero-order valence-electron chi connectivity index (χ0n) is 16.2. The molecule has 2 aromatic rings. The summed E-state index contributed by atoms with van der Waals surface area (Å²) in [7, 11) is 0. The van der Waals surface area contributed by atoms with Crippen LogP contribution in [0.4, 0.5) is 0 Å². The van der Waals surface area contributed by atoms with Crippen LogP contribution in [0.15, 0.2) is 35.6 Å². The molecule has 0 radical (unpaired) electrons. The number of hydrogen-bond donors (Lipinski definition) is 2. The van der Waals surface area contributed by atoms with Gasteiger partial charge in [-0.25, -0.2) is 0 Å². The first-order valence-corrected chi connectivity index (χ1v) is 10.2. The quantitative estimate of drug-likeness (QED) is 0.538. The van der Waals surface area contributed by atoms with Crippen molar-refractivity contribution in [2.45, 2.75) is 51.5 Å². The Morgan fingerprint density at radius 2 is 2.00 bits per heavy atom. The van der Waals surface area contributed by atoms with Crippen LogP contribution in [0.3, 0.4) is 0 Å². The third kappa shape index (κ3) is 4.80. The maximum absolute atomic E-state index is 6.05. The van der Waals surface area contributed by atoms with E-state index < -0.39 is 0 Å². The monoisotopic (exact) mass is 388 g/mol. The van der Waals surface area contributed by atoms with Crippen molar-refractivity contribution in [3.8, 4) is 0 Å². The number of halogens is 1. The third-order valence-corrected chi connectivity index (χ3v) is 5.56. The lowest BCUT2D eigenvalue weighted by atomic mass is 9.64. The van der Waals surface area contributed by atoms with Crippen molar-refractivity contribution in [2.75, 3.05) is 19.6 Å². The number of aliphatic imine (C=N–C) groups is 1. The van der Waals surface area contributed by atoms with Crippen molar-refractivity contribution < 1.29 is 0 Å². The number of hydrogen-bond acceptors (Lipinski definition) is 3. The van der Waals surface area contributed by atoms with E-state index in [0.717, 1.165) is 49.4 Å². The Kier molecular flexibility index (Phi) is 6.72. The highest BCUT2D eigenvalue weighted by Gasteiger charge is 2.38. The van der Waals surface area contributed by atoms with Gasteiger partial charge in [0.25, 0.3) is 0 Å². The molecule has 1 heterocycles. The Bertz CT molecular complexity index is 748. The molecule has 1 aromatic heterocycles. The summed E-state index contributed by atoms with van der Waals surface area (Å²) in [5.74, 6) is 1.87. The number of aryl methyl sites for hydroxylation is 1. The molecule has 1 saturated carbocycles. The first-order chi connectivity index (χ1) is 13.2. The summed E-state index contributed by atoms with van der Waals surface area (Å²) >= 11 is 6.05. The van der Waals surface area contributed by atoms with Crippen LogP contribution in [-0.4, -0.2) is 40.4 Å². The Balaban J connectivity index is 1.61. The summed E-state index contributed by atoms with van der Waals surface area (Å²) in [4.78, 5) is 4.89. The van der Waals surface area contributed by atoms with Gasteiger partial charge in [-0.3, -0.25) is 4.99 Å². The molecule has 3 rings (SSSR count). The molecule has 0 bridgehead atoms.